The van der Waals surface area contributed by atoms with Gasteiger partial charge in [-0.3, -0.25) is 4.79 Å². The average molecular weight is 392 g/mol. The number of hydrogen-bond donors (Lipinski definition) is 0. The van der Waals surface area contributed by atoms with E-state index < -0.39 is 17.6 Å². The second kappa shape index (κ2) is 7.68. The summed E-state index contributed by atoms with van der Waals surface area (Å²) in [5, 5.41) is 0. The van der Waals surface area contributed by atoms with Crippen molar-refractivity contribution in [3.05, 3.63) is 64.0 Å². The van der Waals surface area contributed by atoms with Crippen molar-refractivity contribution in [1.82, 2.24) is 4.57 Å². The van der Waals surface area contributed by atoms with Crippen LogP contribution >= 0.6 is 11.3 Å². The molecule has 3 nitrogen and oxygen atoms in total. The number of hydrogen-bond acceptors (Lipinski definition) is 2. The first-order chi connectivity index (χ1) is 12.8. The van der Waals surface area contributed by atoms with E-state index in [2.05, 4.69) is 18.0 Å². The minimum atomic E-state index is -4.49. The van der Waals surface area contributed by atoms with Crippen LogP contribution in [0.4, 0.5) is 13.2 Å². The van der Waals surface area contributed by atoms with E-state index in [1.807, 2.05) is 23.6 Å². The number of aromatic nitrogens is 1. The van der Waals surface area contributed by atoms with Gasteiger partial charge in [0.05, 0.1) is 15.8 Å². The van der Waals surface area contributed by atoms with Gasteiger partial charge in [-0.25, -0.2) is 0 Å². The van der Waals surface area contributed by atoms with E-state index in [4.69, 9.17) is 0 Å². The molecule has 1 aromatic heterocycles. The highest BCUT2D eigenvalue weighted by Gasteiger charge is 2.30. The van der Waals surface area contributed by atoms with Gasteiger partial charge in [0.2, 0.25) is 0 Å². The van der Waals surface area contributed by atoms with Crippen LogP contribution in [-0.4, -0.2) is 10.5 Å². The molecular formula is C20H19F3N2OS. The molecule has 0 saturated heterocycles. The summed E-state index contributed by atoms with van der Waals surface area (Å²) in [7, 11) is 0. The summed E-state index contributed by atoms with van der Waals surface area (Å²) in [5.41, 5.74) is 1.24. The van der Waals surface area contributed by atoms with E-state index in [0.717, 1.165) is 35.2 Å². The summed E-state index contributed by atoms with van der Waals surface area (Å²) in [6, 6.07) is 10.5. The number of nitrogens with zero attached hydrogens (tertiary/aromatic N) is 2. The summed E-state index contributed by atoms with van der Waals surface area (Å²) >= 11 is 1.38. The second-order valence-corrected chi connectivity index (χ2v) is 7.20. The molecule has 0 fully saturated rings. The normalized spacial score (nSPS) is 12.7. The van der Waals surface area contributed by atoms with Crippen molar-refractivity contribution < 1.29 is 18.0 Å². The smallest absolute Gasteiger partial charge is 0.316 e. The van der Waals surface area contributed by atoms with Gasteiger partial charge in [-0.05, 0) is 48.7 Å². The second-order valence-electron chi connectivity index (χ2n) is 6.19. The molecule has 27 heavy (non-hydrogen) atoms. The van der Waals surface area contributed by atoms with Gasteiger partial charge in [-0.15, -0.1) is 0 Å². The molecular weight excluding hydrogens is 373 g/mol. The summed E-state index contributed by atoms with van der Waals surface area (Å²) < 4.78 is 41.6. The number of aryl methyl sites for hydroxylation is 2. The first-order valence-corrected chi connectivity index (χ1v) is 9.53. The Morgan fingerprint density at radius 2 is 1.93 bits per heavy atom. The maximum Gasteiger partial charge on any atom is 0.416 e. The Labute approximate surface area is 158 Å². The van der Waals surface area contributed by atoms with Crippen LogP contribution in [0.5, 0.6) is 0 Å². The highest BCUT2D eigenvalue weighted by Crippen LogP contribution is 2.29. The molecule has 0 atom stereocenters. The number of benzene rings is 2. The third kappa shape index (κ3) is 4.13. The SMILES string of the molecule is CCCn1c(=NC(=O)c2cccc(C(F)(F)F)c2)sc2cc(CC)ccc21. The molecule has 0 bridgehead atoms. The molecule has 2 aromatic carbocycles. The number of rotatable bonds is 4. The highest BCUT2D eigenvalue weighted by atomic mass is 32.1. The summed E-state index contributed by atoms with van der Waals surface area (Å²) in [6.07, 6.45) is -2.74. The topological polar surface area (TPSA) is 34.4 Å². The summed E-state index contributed by atoms with van der Waals surface area (Å²) in [5.74, 6) is -0.673. The maximum atomic E-state index is 12.9. The maximum absolute atomic E-state index is 12.9. The van der Waals surface area contributed by atoms with Crippen LogP contribution < -0.4 is 4.80 Å². The van der Waals surface area contributed by atoms with E-state index in [0.29, 0.717) is 11.3 Å². The molecule has 1 amide bonds. The number of carbonyl (C=O) groups excluding carboxylic acids is 1. The third-order valence-corrected chi connectivity index (χ3v) is 5.28. The first-order valence-electron chi connectivity index (χ1n) is 8.72. The molecule has 0 aliphatic carbocycles. The van der Waals surface area contributed by atoms with Crippen molar-refractivity contribution in [3.8, 4) is 0 Å². The van der Waals surface area contributed by atoms with Crippen molar-refractivity contribution in [2.45, 2.75) is 39.4 Å². The number of alkyl halides is 3. The number of amides is 1. The van der Waals surface area contributed by atoms with Gasteiger partial charge in [0, 0.05) is 12.1 Å². The lowest BCUT2D eigenvalue weighted by molar-refractivity contribution is -0.137. The van der Waals surface area contributed by atoms with Gasteiger partial charge in [-0.2, -0.15) is 18.2 Å². The first kappa shape index (κ1) is 19.4. The zero-order valence-corrected chi connectivity index (χ0v) is 15.8. The van der Waals surface area contributed by atoms with Crippen LogP contribution in [0, 0.1) is 0 Å². The van der Waals surface area contributed by atoms with E-state index in [1.54, 1.807) is 0 Å². The van der Waals surface area contributed by atoms with Crippen molar-refractivity contribution in [3.63, 3.8) is 0 Å². The molecule has 0 aliphatic heterocycles. The number of fused-ring (bicyclic) bond motifs is 1. The fourth-order valence-corrected chi connectivity index (χ4v) is 3.96. The summed E-state index contributed by atoms with van der Waals surface area (Å²) in [4.78, 5) is 17.2. The molecule has 0 aliphatic rings. The lowest BCUT2D eigenvalue weighted by Gasteiger charge is -2.07. The van der Waals surface area contributed by atoms with E-state index >= 15 is 0 Å². The van der Waals surface area contributed by atoms with Gasteiger partial charge in [0.15, 0.2) is 4.80 Å². The van der Waals surface area contributed by atoms with Gasteiger partial charge in [-0.1, -0.05) is 37.3 Å². The van der Waals surface area contributed by atoms with Gasteiger partial charge in [0.25, 0.3) is 5.91 Å². The largest absolute Gasteiger partial charge is 0.416 e. The van der Waals surface area contributed by atoms with Crippen LogP contribution in [0.15, 0.2) is 47.5 Å². The molecule has 3 rings (SSSR count). The fraction of sp³-hybridized carbons (Fsp3) is 0.300. The minimum Gasteiger partial charge on any atom is -0.316 e. The third-order valence-electron chi connectivity index (χ3n) is 4.24. The van der Waals surface area contributed by atoms with Crippen LogP contribution in [0.3, 0.4) is 0 Å². The monoisotopic (exact) mass is 392 g/mol. The lowest BCUT2D eigenvalue weighted by atomic mass is 10.1. The average Bonchev–Trinajstić information content (AvgIpc) is 2.97. The molecule has 142 valence electrons. The molecule has 3 aromatic rings. The number of thiazole rings is 1. The Morgan fingerprint density at radius 1 is 1.15 bits per heavy atom. The molecule has 0 N–H and O–H groups in total. The zero-order valence-electron chi connectivity index (χ0n) is 15.0. The Bertz CT molecular complexity index is 1050. The zero-order chi connectivity index (χ0) is 19.6. The van der Waals surface area contributed by atoms with E-state index in [9.17, 15) is 18.0 Å². The predicted octanol–water partition coefficient (Wildman–Crippen LogP) is 5.44. The fourth-order valence-electron chi connectivity index (χ4n) is 2.84. The van der Waals surface area contributed by atoms with Crippen molar-refractivity contribution in [1.29, 1.82) is 0 Å². The van der Waals surface area contributed by atoms with Crippen LogP contribution in [0.1, 0.15) is 41.8 Å². The van der Waals surface area contributed by atoms with Crippen molar-refractivity contribution in [2.24, 2.45) is 4.99 Å². The van der Waals surface area contributed by atoms with Crippen LogP contribution in [0.2, 0.25) is 0 Å². The van der Waals surface area contributed by atoms with Crippen LogP contribution in [-0.2, 0) is 19.1 Å². The van der Waals surface area contributed by atoms with Crippen molar-refractivity contribution >= 4 is 27.5 Å². The number of carbonyl (C=O) groups is 1. The predicted molar refractivity (Wildman–Crippen MR) is 101 cm³/mol. The van der Waals surface area contributed by atoms with E-state index in [1.165, 1.54) is 29.0 Å². The van der Waals surface area contributed by atoms with Crippen molar-refractivity contribution in [2.75, 3.05) is 0 Å². The molecule has 7 heteroatoms. The van der Waals surface area contributed by atoms with Gasteiger partial charge >= 0.3 is 6.18 Å². The molecule has 1 heterocycles. The Hall–Kier alpha value is -2.41. The molecule has 0 spiro atoms. The minimum absolute atomic E-state index is 0.0698. The highest BCUT2D eigenvalue weighted by molar-refractivity contribution is 7.16. The Balaban J connectivity index is 2.09. The summed E-state index contributed by atoms with van der Waals surface area (Å²) in [6.45, 7) is 4.77. The lowest BCUT2D eigenvalue weighted by Crippen LogP contribution is -2.17. The Morgan fingerprint density at radius 3 is 2.59 bits per heavy atom. The van der Waals surface area contributed by atoms with Crippen LogP contribution in [0.25, 0.3) is 10.2 Å². The van der Waals surface area contributed by atoms with Gasteiger partial charge < -0.3 is 4.57 Å². The number of halogens is 3. The quantitative estimate of drug-likeness (QED) is 0.583. The van der Waals surface area contributed by atoms with E-state index in [-0.39, 0.29) is 5.56 Å². The Kier molecular flexibility index (Phi) is 5.51. The molecule has 0 unspecified atom stereocenters. The van der Waals surface area contributed by atoms with Gasteiger partial charge in [0.1, 0.15) is 0 Å². The molecule has 0 radical (unpaired) electrons. The standard InChI is InChI=1S/C20H19F3N2OS/c1-3-10-25-16-9-8-13(4-2)11-17(16)27-19(25)24-18(26)14-6-5-7-15(12-14)20(21,22)23/h5-9,11-12H,3-4,10H2,1-2H3. The molecule has 0 saturated carbocycles.